The molecule has 2 amide bonds. The van der Waals surface area contributed by atoms with Gasteiger partial charge in [-0.1, -0.05) is 93.6 Å². The van der Waals surface area contributed by atoms with Crippen LogP contribution < -0.4 is 15.2 Å². The molecule has 350 valence electrons. The summed E-state index contributed by atoms with van der Waals surface area (Å²) in [6.07, 6.45) is -4.02. The number of urea groups is 1. The van der Waals surface area contributed by atoms with Crippen LogP contribution >= 0.6 is 8.25 Å². The third-order valence-corrected chi connectivity index (χ3v) is 11.4. The van der Waals surface area contributed by atoms with Crippen LogP contribution in [-0.2, 0) is 43.1 Å². The number of rotatable bonds is 20. The van der Waals surface area contributed by atoms with Crippen LogP contribution in [0.4, 0.5) is 4.79 Å². The van der Waals surface area contributed by atoms with E-state index in [2.05, 4.69) is 25.7 Å². The highest BCUT2D eigenvalue weighted by Gasteiger charge is 2.52. The highest BCUT2D eigenvalue weighted by atomic mass is 31.1. The van der Waals surface area contributed by atoms with Crippen molar-refractivity contribution in [2.24, 2.45) is 5.73 Å². The van der Waals surface area contributed by atoms with E-state index in [0.29, 0.717) is 27.7 Å². The molecule has 3 N–H and O–H groups in total. The number of nitrogens with two attached hydrogens (primary N) is 1. The smallest absolute Gasteiger partial charge is 0.392 e. The summed E-state index contributed by atoms with van der Waals surface area (Å²) in [5.74, 6) is -0.782. The third-order valence-electron chi connectivity index (χ3n) is 10.8. The van der Waals surface area contributed by atoms with Crippen molar-refractivity contribution < 1.29 is 61.6 Å². The number of aliphatic hydroxyl groups is 1. The first-order valence-electron chi connectivity index (χ1n) is 21.3. The van der Waals surface area contributed by atoms with Crippen LogP contribution in [0.15, 0.2) is 121 Å². The van der Waals surface area contributed by atoms with E-state index < -0.39 is 63.0 Å². The lowest BCUT2D eigenvalue weighted by Gasteiger charge is -2.38. The molecular weight excluding hydrogens is 860 g/mol. The summed E-state index contributed by atoms with van der Waals surface area (Å²) in [5.41, 5.74) is 6.90. The molecule has 5 atom stereocenters. The molecule has 0 radical (unpaired) electrons. The van der Waals surface area contributed by atoms with Gasteiger partial charge in [-0.05, 0) is 85.7 Å². The van der Waals surface area contributed by atoms with Gasteiger partial charge in [0, 0.05) is 6.54 Å². The quantitative estimate of drug-likeness (QED) is 0.0585. The van der Waals surface area contributed by atoms with Gasteiger partial charge in [-0.3, -0.25) is 4.90 Å². The predicted octanol–water partition coefficient (Wildman–Crippen LogP) is 6.11. The Bertz CT molecular complexity index is 2160. The number of carbonyl (C=O) groups is 3. The lowest BCUT2D eigenvalue weighted by atomic mass is 9.79. The molecule has 0 spiro atoms. The summed E-state index contributed by atoms with van der Waals surface area (Å²) in [5, 5.41) is 12.4. The van der Waals surface area contributed by atoms with Crippen LogP contribution in [0, 0.1) is 0 Å². The predicted molar refractivity (Wildman–Crippen MR) is 241 cm³/mol. The second-order valence-corrected chi connectivity index (χ2v) is 15.4. The molecule has 0 saturated carbocycles. The summed E-state index contributed by atoms with van der Waals surface area (Å²) in [7, 11) is -0.568. The number of hydrogen-bond acceptors (Lipinski definition) is 15. The van der Waals surface area contributed by atoms with Crippen LogP contribution in [0.3, 0.4) is 0 Å². The molecule has 0 aliphatic carbocycles. The average Bonchev–Trinajstić information content (AvgIpc) is 3.65. The molecule has 4 aromatic rings. The lowest BCUT2D eigenvalue weighted by Crippen LogP contribution is -2.55. The normalized spacial score (nSPS) is 18.9. The minimum atomic E-state index is -3.68. The lowest BCUT2D eigenvalue weighted by molar-refractivity contribution is -0.157. The van der Waals surface area contributed by atoms with Gasteiger partial charge in [0.05, 0.1) is 33.0 Å². The van der Waals surface area contributed by atoms with Gasteiger partial charge in [0.15, 0.2) is 6.23 Å². The van der Waals surface area contributed by atoms with E-state index in [0.717, 1.165) is 10.5 Å². The number of methoxy groups -OCH3 is 2. The van der Waals surface area contributed by atoms with Gasteiger partial charge in [-0.25, -0.2) is 18.9 Å². The number of carbonyl (C=O) groups excluding carboxylic acids is 3. The zero-order chi connectivity index (χ0) is 46.9. The fourth-order valence-electron chi connectivity index (χ4n) is 7.33. The molecule has 0 aromatic heterocycles. The van der Waals surface area contributed by atoms with Gasteiger partial charge in [0.25, 0.3) is 0 Å². The van der Waals surface area contributed by atoms with Crippen molar-refractivity contribution in [3.63, 3.8) is 0 Å². The van der Waals surface area contributed by atoms with Crippen molar-refractivity contribution >= 4 is 26.2 Å². The summed E-state index contributed by atoms with van der Waals surface area (Å²) >= 11 is 0. The monoisotopic (exact) mass is 918 g/mol. The number of hydroxylamine groups is 2. The number of benzene rings is 4. The van der Waals surface area contributed by atoms with E-state index in [-0.39, 0.29) is 31.1 Å². The molecular formula is C47H59N4O13P. The molecule has 18 heteroatoms. The number of aliphatic hydroxyl groups excluding tert-OH is 1. The number of ether oxygens (including phenoxy) is 6. The highest BCUT2D eigenvalue weighted by Crippen LogP contribution is 2.44. The Balaban J connectivity index is 0.00000105. The maximum Gasteiger partial charge on any atom is 0.392 e. The Labute approximate surface area is 380 Å². The standard InChI is InChI=1S/C41H44N3O13P.C6H15N/c1-4-52-35(45)26-53-37-36(46)33(55-38(37)43-22-21-34(42)44(40(43)48)57-58(49)56-39(47)27-13-7-5-8-14-27)25-54-41(28-15-9-6-10-16-28,29-17-11-19-31(23-29)50-2)30-18-12-20-32(24-30)51-3;1-4-7(5-2)6-3/h5-21,23-24,33,36-38,46,58H,4,22,25-26,42H2,1-3H3;4-6H2,1-3H3/t33-,36-,37-,38-;/m1./s1. The van der Waals surface area contributed by atoms with Crippen molar-refractivity contribution in [3.05, 3.63) is 143 Å². The van der Waals surface area contributed by atoms with Gasteiger partial charge < -0.3 is 48.7 Å². The van der Waals surface area contributed by atoms with Crippen molar-refractivity contribution in [2.45, 2.75) is 57.8 Å². The van der Waals surface area contributed by atoms with Gasteiger partial charge in [0.1, 0.15) is 47.8 Å². The molecule has 1 unspecified atom stereocenters. The van der Waals surface area contributed by atoms with Crippen LogP contribution in [0.5, 0.6) is 11.5 Å². The number of nitrogens with zero attached hydrogens (tertiary/aromatic N) is 3. The Morgan fingerprint density at radius 2 is 1.42 bits per heavy atom. The molecule has 4 aromatic carbocycles. The zero-order valence-corrected chi connectivity index (χ0v) is 38.5. The van der Waals surface area contributed by atoms with E-state index in [1.54, 1.807) is 51.5 Å². The van der Waals surface area contributed by atoms with Crippen LogP contribution in [0.1, 0.15) is 54.7 Å². The third kappa shape index (κ3) is 12.5. The van der Waals surface area contributed by atoms with Crippen molar-refractivity contribution in [2.75, 3.05) is 60.2 Å². The first-order chi connectivity index (χ1) is 31.4. The topological polar surface area (TPSA) is 198 Å². The molecule has 1 saturated heterocycles. The first kappa shape index (κ1) is 50.2. The van der Waals surface area contributed by atoms with Crippen LogP contribution in [0.2, 0.25) is 0 Å². The maximum atomic E-state index is 14.0. The Morgan fingerprint density at radius 3 is 1.95 bits per heavy atom. The van der Waals surface area contributed by atoms with Crippen LogP contribution in [0.25, 0.3) is 0 Å². The number of amides is 2. The summed E-state index contributed by atoms with van der Waals surface area (Å²) in [6, 6.07) is 30.9. The first-order valence-corrected chi connectivity index (χ1v) is 22.5. The highest BCUT2D eigenvalue weighted by molar-refractivity contribution is 7.34. The van der Waals surface area contributed by atoms with Crippen molar-refractivity contribution in [1.82, 2.24) is 14.9 Å². The summed E-state index contributed by atoms with van der Waals surface area (Å²) < 4.78 is 58.6. The van der Waals surface area contributed by atoms with Gasteiger partial charge >= 0.3 is 26.2 Å². The van der Waals surface area contributed by atoms with Gasteiger partial charge in [0.2, 0.25) is 0 Å². The van der Waals surface area contributed by atoms with E-state index in [4.69, 9.17) is 43.3 Å². The number of hydrogen-bond donors (Lipinski definition) is 2. The largest absolute Gasteiger partial charge is 0.497 e. The van der Waals surface area contributed by atoms with Gasteiger partial charge in [-0.15, -0.1) is 5.06 Å². The minimum absolute atomic E-state index is 0.0803. The van der Waals surface area contributed by atoms with Crippen LogP contribution in [-0.4, -0.2) is 123 Å². The summed E-state index contributed by atoms with van der Waals surface area (Å²) in [6.45, 7) is 10.8. The SMILES string of the molecule is CCN(CC)CC.CCOC(=O)CO[C@@H]1[C@H](O)[C@@H](COC(c2ccccc2)(c2cccc(OC)c2)c2cccc(OC)c2)O[C@H]1N1CC=C(N)N(O[PH](=O)OC(=O)c2ccccc2)C1=O. The fourth-order valence-corrected chi connectivity index (χ4v) is 7.96. The fraction of sp³-hybridized carbons (Fsp3) is 0.383. The van der Waals surface area contributed by atoms with E-state index in [9.17, 15) is 24.1 Å². The Hall–Kier alpha value is -5.78. The number of esters is 1. The van der Waals surface area contributed by atoms with E-state index in [1.807, 2.05) is 66.7 Å². The van der Waals surface area contributed by atoms with E-state index in [1.165, 1.54) is 37.8 Å². The molecule has 2 heterocycles. The molecule has 2 aliphatic rings. The molecule has 0 bridgehead atoms. The second-order valence-electron chi connectivity index (χ2n) is 14.5. The molecule has 17 nitrogen and oxygen atoms in total. The Morgan fingerprint density at radius 1 is 0.846 bits per heavy atom. The second kappa shape index (κ2) is 24.5. The van der Waals surface area contributed by atoms with Crippen molar-refractivity contribution in [1.29, 1.82) is 0 Å². The molecule has 6 rings (SSSR count). The zero-order valence-electron chi connectivity index (χ0n) is 37.5. The minimum Gasteiger partial charge on any atom is -0.497 e. The molecule has 1 fully saturated rings. The van der Waals surface area contributed by atoms with Gasteiger partial charge in [-0.2, -0.15) is 4.62 Å². The average molecular weight is 919 g/mol. The Kier molecular flexibility index (Phi) is 18.9. The van der Waals surface area contributed by atoms with E-state index >= 15 is 0 Å². The molecule has 2 aliphatic heterocycles. The van der Waals surface area contributed by atoms with Crippen molar-refractivity contribution in [3.8, 4) is 11.5 Å². The maximum absolute atomic E-state index is 14.0. The molecule has 65 heavy (non-hydrogen) atoms. The summed E-state index contributed by atoms with van der Waals surface area (Å²) in [4.78, 5) is 42.4.